The fourth-order valence-corrected chi connectivity index (χ4v) is 2.98. The molecule has 2 aromatic carbocycles. The second-order valence-corrected chi connectivity index (χ2v) is 7.09. The van der Waals surface area contributed by atoms with Gasteiger partial charge in [0.25, 0.3) is 0 Å². The highest BCUT2D eigenvalue weighted by Crippen LogP contribution is 2.16. The Balaban J connectivity index is 1.20. The number of carbonyl (C=O) groups is 1. The summed E-state index contributed by atoms with van der Waals surface area (Å²) in [7, 11) is 0. The van der Waals surface area contributed by atoms with Crippen molar-refractivity contribution in [3.63, 3.8) is 0 Å². The molecule has 0 spiro atoms. The lowest BCUT2D eigenvalue weighted by atomic mass is 10.2. The lowest BCUT2D eigenvalue weighted by molar-refractivity contribution is -0.121. The van der Waals surface area contributed by atoms with Crippen molar-refractivity contribution in [1.82, 2.24) is 20.4 Å². The molecule has 4 rings (SSSR count). The van der Waals surface area contributed by atoms with E-state index < -0.39 is 0 Å². The summed E-state index contributed by atoms with van der Waals surface area (Å²) >= 11 is 0. The minimum atomic E-state index is -0.287. The highest BCUT2D eigenvalue weighted by Gasteiger charge is 2.10. The normalized spacial score (nSPS) is 10.7. The average Bonchev–Trinajstić information content (AvgIpc) is 3.31. The Labute approximate surface area is 184 Å². The Kier molecular flexibility index (Phi) is 6.81. The number of nitrogens with zero attached hydrogens (tertiary/aromatic N) is 3. The number of rotatable bonds is 9. The van der Waals surface area contributed by atoms with Gasteiger partial charge >= 0.3 is 0 Å². The first-order valence-electron chi connectivity index (χ1n) is 10.1. The first-order chi connectivity index (χ1) is 15.7. The smallest absolute Gasteiger partial charge is 0.227 e. The van der Waals surface area contributed by atoms with Gasteiger partial charge in [-0.25, -0.2) is 4.39 Å². The number of ether oxygens (including phenoxy) is 1. The van der Waals surface area contributed by atoms with Gasteiger partial charge in [0.1, 0.15) is 18.2 Å². The highest BCUT2D eigenvalue weighted by molar-refractivity contribution is 5.76. The second kappa shape index (κ2) is 10.3. The summed E-state index contributed by atoms with van der Waals surface area (Å²) < 4.78 is 24.1. The third-order valence-electron chi connectivity index (χ3n) is 4.68. The molecule has 4 aromatic rings. The molecule has 0 aliphatic carbocycles. The molecule has 1 amide bonds. The van der Waals surface area contributed by atoms with Crippen molar-refractivity contribution >= 4 is 5.91 Å². The van der Waals surface area contributed by atoms with E-state index >= 15 is 0 Å². The zero-order chi connectivity index (χ0) is 22.2. The maximum Gasteiger partial charge on any atom is 0.227 e. The molecule has 0 radical (unpaired) electrons. The van der Waals surface area contributed by atoms with Crippen molar-refractivity contribution in [3.8, 4) is 17.1 Å². The molecule has 0 aliphatic heterocycles. The van der Waals surface area contributed by atoms with E-state index in [-0.39, 0.29) is 24.8 Å². The van der Waals surface area contributed by atoms with E-state index in [0.29, 0.717) is 30.4 Å². The number of aromatic nitrogens is 3. The monoisotopic (exact) mass is 432 g/mol. The summed E-state index contributed by atoms with van der Waals surface area (Å²) in [5, 5.41) is 6.80. The number of pyridine rings is 1. The summed E-state index contributed by atoms with van der Waals surface area (Å²) in [6.07, 6.45) is 3.91. The third kappa shape index (κ3) is 5.98. The van der Waals surface area contributed by atoms with Gasteiger partial charge in [0.05, 0.1) is 0 Å². The average molecular weight is 432 g/mol. The first-order valence-corrected chi connectivity index (χ1v) is 10.1. The summed E-state index contributed by atoms with van der Waals surface area (Å²) in [6.45, 7) is 0.682. The number of nitrogens with one attached hydrogen (secondary N) is 1. The first kappa shape index (κ1) is 21.2. The number of aryl methyl sites for hydroxylation is 1. The molecular formula is C24H21FN4O3. The lowest BCUT2D eigenvalue weighted by Gasteiger charge is -2.08. The van der Waals surface area contributed by atoms with Gasteiger partial charge in [0.15, 0.2) is 0 Å². The number of benzene rings is 2. The maximum atomic E-state index is 13.2. The molecule has 7 nitrogen and oxygen atoms in total. The minimum Gasteiger partial charge on any atom is -0.489 e. The Bertz CT molecular complexity index is 1160. The maximum absolute atomic E-state index is 13.2. The minimum absolute atomic E-state index is 0.111. The molecule has 8 heteroatoms. The fraction of sp³-hybridized carbons (Fsp3) is 0.167. The molecule has 0 saturated carbocycles. The molecule has 0 saturated heterocycles. The SMILES string of the molecule is O=C(CCc1nc(-c2ccncc2)no1)NCc1ccc(OCc2cccc(F)c2)cc1. The van der Waals surface area contributed by atoms with Crippen LogP contribution in [0.5, 0.6) is 5.75 Å². The summed E-state index contributed by atoms with van der Waals surface area (Å²) in [4.78, 5) is 20.4. The fourth-order valence-electron chi connectivity index (χ4n) is 2.98. The van der Waals surface area contributed by atoms with Crippen LogP contribution in [0, 0.1) is 5.82 Å². The van der Waals surface area contributed by atoms with Crippen LogP contribution in [0.2, 0.25) is 0 Å². The van der Waals surface area contributed by atoms with Gasteiger partial charge in [0.2, 0.25) is 17.6 Å². The predicted octanol–water partition coefficient (Wildman–Crippen LogP) is 4.10. The number of amides is 1. The van der Waals surface area contributed by atoms with Crippen LogP contribution in [0.25, 0.3) is 11.4 Å². The second-order valence-electron chi connectivity index (χ2n) is 7.09. The van der Waals surface area contributed by atoms with Crippen molar-refractivity contribution in [1.29, 1.82) is 0 Å². The van der Waals surface area contributed by atoms with E-state index in [4.69, 9.17) is 9.26 Å². The molecule has 0 atom stereocenters. The Morgan fingerprint density at radius 3 is 2.62 bits per heavy atom. The summed E-state index contributed by atoms with van der Waals surface area (Å²) in [5.41, 5.74) is 2.51. The van der Waals surface area contributed by atoms with Gasteiger partial charge < -0.3 is 14.6 Å². The number of carbonyl (C=O) groups excluding carboxylic acids is 1. The van der Waals surface area contributed by atoms with E-state index in [1.165, 1.54) is 12.1 Å². The molecule has 162 valence electrons. The van der Waals surface area contributed by atoms with Gasteiger partial charge in [-0.15, -0.1) is 0 Å². The summed E-state index contributed by atoms with van der Waals surface area (Å²) in [5.74, 6) is 1.16. The Morgan fingerprint density at radius 1 is 1.03 bits per heavy atom. The van der Waals surface area contributed by atoms with Crippen LogP contribution in [0.15, 0.2) is 77.6 Å². The van der Waals surface area contributed by atoms with Gasteiger partial charge in [-0.3, -0.25) is 9.78 Å². The van der Waals surface area contributed by atoms with Crippen molar-refractivity contribution in [3.05, 3.63) is 95.9 Å². The zero-order valence-corrected chi connectivity index (χ0v) is 17.2. The largest absolute Gasteiger partial charge is 0.489 e. The number of halogens is 1. The molecule has 2 aromatic heterocycles. The van der Waals surface area contributed by atoms with Crippen LogP contribution in [-0.2, 0) is 24.4 Å². The van der Waals surface area contributed by atoms with E-state index in [9.17, 15) is 9.18 Å². The van der Waals surface area contributed by atoms with E-state index in [0.717, 1.165) is 16.7 Å². The summed E-state index contributed by atoms with van der Waals surface area (Å²) in [6, 6.07) is 17.3. The Hall–Kier alpha value is -4.07. The van der Waals surface area contributed by atoms with Gasteiger partial charge in [0, 0.05) is 37.3 Å². The third-order valence-corrected chi connectivity index (χ3v) is 4.68. The molecule has 2 heterocycles. The van der Waals surface area contributed by atoms with Crippen LogP contribution in [0.1, 0.15) is 23.4 Å². The van der Waals surface area contributed by atoms with Crippen LogP contribution in [-0.4, -0.2) is 21.0 Å². The molecule has 0 aliphatic rings. The molecule has 0 fully saturated rings. The van der Waals surface area contributed by atoms with Crippen molar-refractivity contribution < 1.29 is 18.4 Å². The Morgan fingerprint density at radius 2 is 1.84 bits per heavy atom. The van der Waals surface area contributed by atoms with E-state index in [2.05, 4.69) is 20.4 Å². The van der Waals surface area contributed by atoms with Gasteiger partial charge in [-0.05, 0) is 47.5 Å². The molecule has 0 bridgehead atoms. The quantitative estimate of drug-likeness (QED) is 0.428. The van der Waals surface area contributed by atoms with Crippen molar-refractivity contribution in [2.45, 2.75) is 26.0 Å². The number of hydrogen-bond donors (Lipinski definition) is 1. The highest BCUT2D eigenvalue weighted by atomic mass is 19.1. The van der Waals surface area contributed by atoms with Crippen LogP contribution in [0.3, 0.4) is 0 Å². The molecular weight excluding hydrogens is 411 g/mol. The molecule has 1 N–H and O–H groups in total. The topological polar surface area (TPSA) is 90.1 Å². The van der Waals surface area contributed by atoms with Crippen LogP contribution < -0.4 is 10.1 Å². The van der Waals surface area contributed by atoms with E-state index in [1.807, 2.05) is 24.3 Å². The van der Waals surface area contributed by atoms with Gasteiger partial charge in [-0.1, -0.05) is 29.4 Å². The van der Waals surface area contributed by atoms with Gasteiger partial charge in [-0.2, -0.15) is 4.98 Å². The standard InChI is InChI=1S/C24H21FN4O3/c25-20-3-1-2-18(14-20)16-31-21-6-4-17(5-7-21)15-27-22(30)8-9-23-28-24(29-32-23)19-10-12-26-13-11-19/h1-7,10-14H,8-9,15-16H2,(H,27,30). The van der Waals surface area contributed by atoms with Crippen LogP contribution >= 0.6 is 0 Å². The molecule has 32 heavy (non-hydrogen) atoms. The van der Waals surface area contributed by atoms with Crippen molar-refractivity contribution in [2.24, 2.45) is 0 Å². The number of hydrogen-bond acceptors (Lipinski definition) is 6. The molecule has 0 unspecified atom stereocenters. The van der Waals surface area contributed by atoms with Crippen LogP contribution in [0.4, 0.5) is 4.39 Å². The van der Waals surface area contributed by atoms with Crippen molar-refractivity contribution in [2.75, 3.05) is 0 Å². The lowest BCUT2D eigenvalue weighted by Crippen LogP contribution is -2.23. The zero-order valence-electron chi connectivity index (χ0n) is 17.2. The predicted molar refractivity (Wildman–Crippen MR) is 115 cm³/mol. The van der Waals surface area contributed by atoms with E-state index in [1.54, 1.807) is 36.7 Å².